The van der Waals surface area contributed by atoms with Gasteiger partial charge in [-0.2, -0.15) is 0 Å². The number of nitrogens with one attached hydrogen (secondary N) is 1. The van der Waals surface area contributed by atoms with E-state index >= 15 is 0 Å². The average Bonchev–Trinajstić information content (AvgIpc) is 2.54. The molecule has 1 amide bonds. The number of carbonyl (C=O) groups excluding carboxylic acids is 1. The van der Waals surface area contributed by atoms with Gasteiger partial charge in [0, 0.05) is 18.2 Å². The van der Waals surface area contributed by atoms with E-state index in [-0.39, 0.29) is 11.9 Å². The molecule has 0 aliphatic heterocycles. The number of ether oxygens (including phenoxy) is 1. The van der Waals surface area contributed by atoms with Crippen molar-refractivity contribution >= 4 is 5.91 Å². The summed E-state index contributed by atoms with van der Waals surface area (Å²) in [5.74, 6) is 1.32. The summed E-state index contributed by atoms with van der Waals surface area (Å²) in [6, 6.07) is 7.74. The molecule has 0 spiro atoms. The Morgan fingerprint density at radius 3 is 2.71 bits per heavy atom. The van der Waals surface area contributed by atoms with Crippen molar-refractivity contribution in [2.45, 2.75) is 44.6 Å². The molecular weight excluding hydrogens is 264 g/mol. The highest BCUT2D eigenvalue weighted by molar-refractivity contribution is 5.79. The second-order valence-corrected chi connectivity index (χ2v) is 5.80. The molecule has 1 atom stereocenters. The number of hydrogen-bond acceptors (Lipinski definition) is 3. The zero-order chi connectivity index (χ0) is 15.1. The monoisotopic (exact) mass is 290 g/mol. The average molecular weight is 290 g/mol. The molecule has 116 valence electrons. The Bertz CT molecular complexity index is 456. The molecule has 1 aliphatic carbocycles. The van der Waals surface area contributed by atoms with E-state index in [4.69, 9.17) is 10.5 Å². The summed E-state index contributed by atoms with van der Waals surface area (Å²) >= 11 is 0. The molecule has 0 bridgehead atoms. The third-order valence-electron chi connectivity index (χ3n) is 4.36. The standard InChI is InChI=1S/C17H26N2O2/c1-21-16-10-6-5-9-14(16)11-17(20)19-15(12-18)13-7-3-2-4-8-13/h5-6,9-10,13,15H,2-4,7-8,11-12,18H2,1H3,(H,19,20). The first kappa shape index (κ1) is 15.8. The van der Waals surface area contributed by atoms with Crippen molar-refractivity contribution in [2.75, 3.05) is 13.7 Å². The highest BCUT2D eigenvalue weighted by Crippen LogP contribution is 2.26. The predicted octanol–water partition coefficient (Wildman–Crippen LogP) is 2.26. The number of rotatable bonds is 6. The molecule has 0 heterocycles. The molecule has 0 aromatic heterocycles. The number of carbonyl (C=O) groups is 1. The number of nitrogens with two attached hydrogens (primary N) is 1. The van der Waals surface area contributed by atoms with E-state index in [9.17, 15) is 4.79 Å². The number of hydrogen-bond donors (Lipinski definition) is 2. The van der Waals surface area contributed by atoms with E-state index < -0.39 is 0 Å². The minimum Gasteiger partial charge on any atom is -0.496 e. The fraction of sp³-hybridized carbons (Fsp3) is 0.588. The number of benzene rings is 1. The lowest BCUT2D eigenvalue weighted by Gasteiger charge is -2.30. The molecule has 1 aromatic carbocycles. The molecule has 4 nitrogen and oxygen atoms in total. The Morgan fingerprint density at radius 2 is 2.05 bits per heavy atom. The van der Waals surface area contributed by atoms with Crippen LogP contribution < -0.4 is 15.8 Å². The van der Waals surface area contributed by atoms with Crippen LogP contribution in [0.15, 0.2) is 24.3 Å². The minimum absolute atomic E-state index is 0.0283. The van der Waals surface area contributed by atoms with Crippen LogP contribution in [0.4, 0.5) is 0 Å². The van der Waals surface area contributed by atoms with Gasteiger partial charge < -0.3 is 15.8 Å². The summed E-state index contributed by atoms with van der Waals surface area (Å²) < 4.78 is 5.29. The van der Waals surface area contributed by atoms with Crippen LogP contribution in [0.5, 0.6) is 5.75 Å². The predicted molar refractivity (Wildman–Crippen MR) is 84.3 cm³/mol. The van der Waals surface area contributed by atoms with Gasteiger partial charge in [0.05, 0.1) is 13.5 Å². The zero-order valence-electron chi connectivity index (χ0n) is 12.8. The van der Waals surface area contributed by atoms with E-state index in [1.54, 1.807) is 7.11 Å². The Morgan fingerprint density at radius 1 is 1.33 bits per heavy atom. The molecule has 1 aromatic rings. The summed E-state index contributed by atoms with van der Waals surface area (Å²) in [7, 11) is 1.63. The van der Waals surface area contributed by atoms with Gasteiger partial charge in [-0.3, -0.25) is 4.79 Å². The molecule has 4 heteroatoms. The van der Waals surface area contributed by atoms with E-state index in [2.05, 4.69) is 5.32 Å². The Kier molecular flexibility index (Phi) is 6.05. The van der Waals surface area contributed by atoms with E-state index in [1.807, 2.05) is 24.3 Å². The van der Waals surface area contributed by atoms with Crippen molar-refractivity contribution in [3.8, 4) is 5.75 Å². The van der Waals surface area contributed by atoms with E-state index in [0.29, 0.717) is 18.9 Å². The van der Waals surface area contributed by atoms with Gasteiger partial charge in [0.2, 0.25) is 5.91 Å². The molecule has 0 radical (unpaired) electrons. The third-order valence-corrected chi connectivity index (χ3v) is 4.36. The Balaban J connectivity index is 1.93. The number of methoxy groups -OCH3 is 1. The molecule has 21 heavy (non-hydrogen) atoms. The fourth-order valence-electron chi connectivity index (χ4n) is 3.19. The zero-order valence-corrected chi connectivity index (χ0v) is 12.8. The first-order valence-corrected chi connectivity index (χ1v) is 7.86. The van der Waals surface area contributed by atoms with Crippen LogP contribution >= 0.6 is 0 Å². The van der Waals surface area contributed by atoms with Crippen molar-refractivity contribution in [1.29, 1.82) is 0 Å². The van der Waals surface area contributed by atoms with Gasteiger partial charge >= 0.3 is 0 Å². The highest BCUT2D eigenvalue weighted by atomic mass is 16.5. The molecule has 1 saturated carbocycles. The molecule has 0 saturated heterocycles. The van der Waals surface area contributed by atoms with Gasteiger partial charge in [0.1, 0.15) is 5.75 Å². The van der Waals surface area contributed by atoms with Gasteiger partial charge in [-0.1, -0.05) is 37.5 Å². The Hall–Kier alpha value is -1.55. The van der Waals surface area contributed by atoms with Crippen LogP contribution in [0.2, 0.25) is 0 Å². The molecule has 1 aliphatic rings. The highest BCUT2D eigenvalue weighted by Gasteiger charge is 2.24. The quantitative estimate of drug-likeness (QED) is 0.844. The van der Waals surface area contributed by atoms with Crippen molar-refractivity contribution in [2.24, 2.45) is 11.7 Å². The maximum absolute atomic E-state index is 12.3. The summed E-state index contributed by atoms with van der Waals surface area (Å²) in [5, 5.41) is 3.12. The van der Waals surface area contributed by atoms with Crippen LogP contribution in [-0.2, 0) is 11.2 Å². The lowest BCUT2D eigenvalue weighted by Crippen LogP contribution is -2.46. The number of amides is 1. The van der Waals surface area contributed by atoms with Crippen molar-refractivity contribution < 1.29 is 9.53 Å². The maximum atomic E-state index is 12.3. The summed E-state index contributed by atoms with van der Waals surface area (Å²) in [6.45, 7) is 0.516. The van der Waals surface area contributed by atoms with Gasteiger partial charge in [-0.15, -0.1) is 0 Å². The lowest BCUT2D eigenvalue weighted by molar-refractivity contribution is -0.121. The third kappa shape index (κ3) is 4.46. The molecule has 1 fully saturated rings. The second kappa shape index (κ2) is 8.03. The maximum Gasteiger partial charge on any atom is 0.224 e. The van der Waals surface area contributed by atoms with Crippen LogP contribution in [0.1, 0.15) is 37.7 Å². The van der Waals surface area contributed by atoms with Crippen molar-refractivity contribution in [1.82, 2.24) is 5.32 Å². The van der Waals surface area contributed by atoms with Crippen molar-refractivity contribution in [3.63, 3.8) is 0 Å². The Labute approximate surface area is 127 Å². The van der Waals surface area contributed by atoms with Gasteiger partial charge in [0.15, 0.2) is 0 Å². The fourth-order valence-corrected chi connectivity index (χ4v) is 3.19. The van der Waals surface area contributed by atoms with Crippen molar-refractivity contribution in [3.05, 3.63) is 29.8 Å². The SMILES string of the molecule is COc1ccccc1CC(=O)NC(CN)C1CCCCC1. The molecular formula is C17H26N2O2. The van der Waals surface area contributed by atoms with Crippen LogP contribution in [0.25, 0.3) is 0 Å². The molecule has 3 N–H and O–H groups in total. The molecule has 2 rings (SSSR count). The minimum atomic E-state index is 0.0283. The summed E-state index contributed by atoms with van der Waals surface area (Å²) in [6.07, 6.45) is 6.51. The van der Waals surface area contributed by atoms with E-state index in [0.717, 1.165) is 11.3 Å². The van der Waals surface area contributed by atoms with E-state index in [1.165, 1.54) is 32.1 Å². The number of para-hydroxylation sites is 1. The van der Waals surface area contributed by atoms with Gasteiger partial charge in [0.25, 0.3) is 0 Å². The van der Waals surface area contributed by atoms with Crippen LogP contribution in [-0.4, -0.2) is 25.6 Å². The lowest BCUT2D eigenvalue weighted by atomic mass is 9.84. The van der Waals surface area contributed by atoms with Crippen LogP contribution in [0.3, 0.4) is 0 Å². The normalized spacial score (nSPS) is 17.2. The summed E-state index contributed by atoms with van der Waals surface area (Å²) in [4.78, 5) is 12.3. The molecule has 1 unspecified atom stereocenters. The largest absolute Gasteiger partial charge is 0.496 e. The second-order valence-electron chi connectivity index (χ2n) is 5.80. The van der Waals surface area contributed by atoms with Gasteiger partial charge in [-0.25, -0.2) is 0 Å². The van der Waals surface area contributed by atoms with Gasteiger partial charge in [-0.05, 0) is 24.8 Å². The first-order valence-electron chi connectivity index (χ1n) is 7.86. The van der Waals surface area contributed by atoms with Crippen LogP contribution in [0, 0.1) is 5.92 Å². The summed E-state index contributed by atoms with van der Waals surface area (Å²) in [5.41, 5.74) is 6.78. The smallest absolute Gasteiger partial charge is 0.224 e. The topological polar surface area (TPSA) is 64.3 Å². The first-order chi connectivity index (χ1) is 10.2.